The van der Waals surface area contributed by atoms with Crippen LogP contribution in [0, 0.1) is 0 Å². The minimum absolute atomic E-state index is 0.880. The summed E-state index contributed by atoms with van der Waals surface area (Å²) in [5.74, 6) is 0. The maximum Gasteiger partial charge on any atom is 0.139 e. The van der Waals surface area contributed by atoms with Gasteiger partial charge in [0.15, 0.2) is 0 Å². The van der Waals surface area contributed by atoms with E-state index in [9.17, 15) is 5.11 Å². The number of hydrogen-bond acceptors (Lipinski definition) is 3. The highest BCUT2D eigenvalue weighted by molar-refractivity contribution is 7.81. The lowest BCUT2D eigenvalue weighted by Crippen LogP contribution is -2.08. The van der Waals surface area contributed by atoms with E-state index in [1.807, 2.05) is 17.5 Å². The van der Waals surface area contributed by atoms with Crippen molar-refractivity contribution >= 4 is 24.0 Å². The summed E-state index contributed by atoms with van der Waals surface area (Å²) in [7, 11) is 0. The summed E-state index contributed by atoms with van der Waals surface area (Å²) < 4.78 is 0. The Morgan fingerprint density at radius 1 is 1.78 bits per heavy atom. The molecule has 1 aromatic heterocycles. The molecule has 0 aliphatic heterocycles. The zero-order valence-electron chi connectivity index (χ0n) is 5.03. The standard InChI is InChI=1S/C6H8OS2/c1-6(7,8)5-3-2-4-9-5/h2-4,7-8H,1H3. The van der Waals surface area contributed by atoms with Crippen LogP contribution in [0.25, 0.3) is 0 Å². The van der Waals surface area contributed by atoms with E-state index >= 15 is 0 Å². The second kappa shape index (κ2) is 2.33. The summed E-state index contributed by atoms with van der Waals surface area (Å²) in [4.78, 5) is -0.0837. The van der Waals surface area contributed by atoms with Crippen molar-refractivity contribution in [2.75, 3.05) is 0 Å². The minimum atomic E-state index is -0.964. The number of thiophene rings is 1. The van der Waals surface area contributed by atoms with Gasteiger partial charge in [-0.1, -0.05) is 6.07 Å². The van der Waals surface area contributed by atoms with Crippen LogP contribution in [-0.4, -0.2) is 5.11 Å². The third-order valence-electron chi connectivity index (χ3n) is 0.988. The number of aliphatic hydroxyl groups is 1. The van der Waals surface area contributed by atoms with Crippen molar-refractivity contribution in [3.63, 3.8) is 0 Å². The van der Waals surface area contributed by atoms with E-state index in [0.29, 0.717) is 0 Å². The average Bonchev–Trinajstić information content (AvgIpc) is 2.08. The lowest BCUT2D eigenvalue weighted by molar-refractivity contribution is 0.166. The molecule has 1 atom stereocenters. The first-order valence-electron chi connectivity index (χ1n) is 2.59. The lowest BCUT2D eigenvalue weighted by atomic mass is 10.3. The van der Waals surface area contributed by atoms with Crippen LogP contribution in [0.5, 0.6) is 0 Å². The van der Waals surface area contributed by atoms with Gasteiger partial charge in [-0.3, -0.25) is 0 Å². The molecular weight excluding hydrogens is 152 g/mol. The maximum absolute atomic E-state index is 9.25. The van der Waals surface area contributed by atoms with Gasteiger partial charge < -0.3 is 5.11 Å². The van der Waals surface area contributed by atoms with Crippen molar-refractivity contribution in [2.45, 2.75) is 11.9 Å². The molecule has 1 aromatic rings. The molecule has 1 unspecified atom stereocenters. The third kappa shape index (κ3) is 1.71. The van der Waals surface area contributed by atoms with Crippen molar-refractivity contribution in [1.82, 2.24) is 0 Å². The van der Waals surface area contributed by atoms with E-state index in [2.05, 4.69) is 12.6 Å². The molecule has 1 heterocycles. The number of thiol groups is 1. The highest BCUT2D eigenvalue weighted by Gasteiger charge is 2.16. The average molecular weight is 160 g/mol. The predicted octanol–water partition coefficient (Wildman–Crippen LogP) is 1.84. The number of rotatable bonds is 1. The van der Waals surface area contributed by atoms with E-state index in [1.165, 1.54) is 11.3 Å². The minimum Gasteiger partial charge on any atom is -0.375 e. The van der Waals surface area contributed by atoms with Crippen LogP contribution >= 0.6 is 24.0 Å². The van der Waals surface area contributed by atoms with Gasteiger partial charge in [0.25, 0.3) is 0 Å². The first kappa shape index (κ1) is 7.12. The Bertz CT molecular complexity index is 173. The van der Waals surface area contributed by atoms with Gasteiger partial charge in [-0.15, -0.1) is 24.0 Å². The molecule has 0 amide bonds. The van der Waals surface area contributed by atoms with Gasteiger partial charge in [-0.05, 0) is 18.4 Å². The van der Waals surface area contributed by atoms with Crippen LogP contribution in [0.2, 0.25) is 0 Å². The van der Waals surface area contributed by atoms with E-state index in [0.717, 1.165) is 4.88 Å². The second-order valence-electron chi connectivity index (χ2n) is 2.00. The zero-order valence-corrected chi connectivity index (χ0v) is 6.75. The molecule has 9 heavy (non-hydrogen) atoms. The Kier molecular flexibility index (Phi) is 1.84. The van der Waals surface area contributed by atoms with Crippen LogP contribution in [0.4, 0.5) is 0 Å². The van der Waals surface area contributed by atoms with Crippen LogP contribution < -0.4 is 0 Å². The third-order valence-corrected chi connectivity index (χ3v) is 2.46. The zero-order chi connectivity index (χ0) is 6.91. The Morgan fingerprint density at radius 3 is 2.67 bits per heavy atom. The van der Waals surface area contributed by atoms with Crippen molar-refractivity contribution < 1.29 is 5.11 Å². The molecular formula is C6H8OS2. The smallest absolute Gasteiger partial charge is 0.139 e. The molecule has 0 saturated heterocycles. The summed E-state index contributed by atoms with van der Waals surface area (Å²) >= 11 is 5.48. The fraction of sp³-hybridized carbons (Fsp3) is 0.333. The van der Waals surface area contributed by atoms with Gasteiger partial charge >= 0.3 is 0 Å². The maximum atomic E-state index is 9.25. The first-order chi connectivity index (χ1) is 4.11. The molecule has 50 valence electrons. The van der Waals surface area contributed by atoms with Crippen molar-refractivity contribution in [3.8, 4) is 0 Å². The molecule has 3 heteroatoms. The molecule has 0 fully saturated rings. The van der Waals surface area contributed by atoms with Crippen LogP contribution in [0.3, 0.4) is 0 Å². The van der Waals surface area contributed by atoms with E-state index in [-0.39, 0.29) is 0 Å². The second-order valence-corrected chi connectivity index (χ2v) is 3.82. The van der Waals surface area contributed by atoms with E-state index in [4.69, 9.17) is 0 Å². The van der Waals surface area contributed by atoms with Gasteiger partial charge in [-0.25, -0.2) is 0 Å². The predicted molar refractivity (Wildman–Crippen MR) is 42.9 cm³/mol. The molecule has 0 spiro atoms. The van der Waals surface area contributed by atoms with Crippen LogP contribution in [0.1, 0.15) is 11.8 Å². The SMILES string of the molecule is CC(O)(S)c1cccs1. The summed E-state index contributed by atoms with van der Waals surface area (Å²) in [6.07, 6.45) is 0. The van der Waals surface area contributed by atoms with Gasteiger partial charge in [-0.2, -0.15) is 0 Å². The highest BCUT2D eigenvalue weighted by Crippen LogP contribution is 2.27. The number of hydrogen-bond donors (Lipinski definition) is 2. The monoisotopic (exact) mass is 160 g/mol. The lowest BCUT2D eigenvalue weighted by Gasteiger charge is -2.12. The molecule has 0 aromatic carbocycles. The summed E-state index contributed by atoms with van der Waals surface area (Å²) in [6, 6.07) is 3.75. The van der Waals surface area contributed by atoms with Gasteiger partial charge in [0, 0.05) is 4.88 Å². The van der Waals surface area contributed by atoms with Gasteiger partial charge in [0.1, 0.15) is 4.93 Å². The molecule has 1 nitrogen and oxygen atoms in total. The normalized spacial score (nSPS) is 17.2. The Hall–Kier alpha value is 0.01000. The Balaban J connectivity index is 2.90. The van der Waals surface area contributed by atoms with Crippen molar-refractivity contribution in [1.29, 1.82) is 0 Å². The molecule has 1 rings (SSSR count). The molecule has 0 radical (unpaired) electrons. The largest absolute Gasteiger partial charge is 0.375 e. The molecule has 0 aliphatic rings. The molecule has 0 saturated carbocycles. The van der Waals surface area contributed by atoms with Gasteiger partial charge in [0.05, 0.1) is 0 Å². The summed E-state index contributed by atoms with van der Waals surface area (Å²) in [6.45, 7) is 1.65. The molecule has 0 bridgehead atoms. The Morgan fingerprint density at radius 2 is 2.44 bits per heavy atom. The fourth-order valence-electron chi connectivity index (χ4n) is 0.548. The highest BCUT2D eigenvalue weighted by atomic mass is 32.1. The van der Waals surface area contributed by atoms with Crippen molar-refractivity contribution in [3.05, 3.63) is 22.4 Å². The quantitative estimate of drug-likeness (QED) is 0.474. The van der Waals surface area contributed by atoms with Crippen LogP contribution in [-0.2, 0) is 4.93 Å². The fourth-order valence-corrected chi connectivity index (χ4v) is 1.46. The van der Waals surface area contributed by atoms with Gasteiger partial charge in [0.2, 0.25) is 0 Å². The van der Waals surface area contributed by atoms with E-state index in [1.54, 1.807) is 6.92 Å². The summed E-state index contributed by atoms with van der Waals surface area (Å²) in [5.41, 5.74) is 0. The van der Waals surface area contributed by atoms with E-state index < -0.39 is 4.93 Å². The Labute approximate surface area is 63.8 Å². The van der Waals surface area contributed by atoms with Crippen molar-refractivity contribution in [2.24, 2.45) is 0 Å². The van der Waals surface area contributed by atoms with Crippen LogP contribution in [0.15, 0.2) is 17.5 Å². The first-order valence-corrected chi connectivity index (χ1v) is 3.92. The summed E-state index contributed by atoms with van der Waals surface area (Å²) in [5, 5.41) is 11.2. The molecule has 1 N–H and O–H groups in total. The topological polar surface area (TPSA) is 20.2 Å². The molecule has 0 aliphatic carbocycles.